The zero-order valence-corrected chi connectivity index (χ0v) is 6.86. The van der Waals surface area contributed by atoms with Crippen molar-refractivity contribution >= 4 is 10.2 Å². The maximum absolute atomic E-state index is 12.5. The van der Waals surface area contributed by atoms with E-state index in [0.29, 0.717) is 0 Å². The van der Waals surface area contributed by atoms with E-state index in [4.69, 9.17) is 5.26 Å². The van der Waals surface area contributed by atoms with Crippen molar-refractivity contribution in [3.8, 4) is 6.07 Å². The highest BCUT2D eigenvalue weighted by atomic mass is 32.3. The molecule has 0 aromatic rings. The second kappa shape index (κ2) is 2.18. The van der Waals surface area contributed by atoms with E-state index in [1.54, 1.807) is 6.07 Å². The molecule has 1 atom stereocenters. The number of rotatable bonds is 2. The Morgan fingerprint density at radius 3 is 2.18 bits per heavy atom. The van der Waals surface area contributed by atoms with E-state index in [9.17, 15) is 12.3 Å². The van der Waals surface area contributed by atoms with Gasteiger partial charge in [0.15, 0.2) is 0 Å². The second-order valence-corrected chi connectivity index (χ2v) is 4.54. The third-order valence-electron chi connectivity index (χ3n) is 2.21. The van der Waals surface area contributed by atoms with Crippen molar-refractivity contribution in [2.24, 2.45) is 5.92 Å². The van der Waals surface area contributed by atoms with Crippen molar-refractivity contribution in [3.63, 3.8) is 0 Å². The lowest BCUT2D eigenvalue weighted by Crippen LogP contribution is -2.26. The molecule has 0 aromatic heterocycles. The predicted octanol–water partition coefficient (Wildman–Crippen LogP) is 0.978. The third kappa shape index (κ3) is 1.11. The summed E-state index contributed by atoms with van der Waals surface area (Å²) < 4.78 is 32.1. The fourth-order valence-electron chi connectivity index (χ4n) is 1.13. The first-order chi connectivity index (χ1) is 4.94. The summed E-state index contributed by atoms with van der Waals surface area (Å²) in [5.41, 5.74) is 0. The van der Waals surface area contributed by atoms with E-state index >= 15 is 0 Å². The van der Waals surface area contributed by atoms with E-state index in [-0.39, 0.29) is 12.8 Å². The standard InChI is InChI=1S/C6H8FNO2S/c1-5(4-8)6(2-3-6)11(7,9)10/h5H,2-3H2,1H3. The highest BCUT2D eigenvalue weighted by Crippen LogP contribution is 2.50. The Labute approximate surface area is 65.0 Å². The largest absolute Gasteiger partial charge is 0.309 e. The number of hydrogen-bond donors (Lipinski definition) is 0. The van der Waals surface area contributed by atoms with Gasteiger partial charge in [0.2, 0.25) is 0 Å². The Hall–Kier alpha value is -0.630. The van der Waals surface area contributed by atoms with Gasteiger partial charge in [-0.1, -0.05) is 0 Å². The van der Waals surface area contributed by atoms with Crippen LogP contribution in [0, 0.1) is 17.2 Å². The van der Waals surface area contributed by atoms with Gasteiger partial charge in [0.1, 0.15) is 4.75 Å². The lowest BCUT2D eigenvalue weighted by atomic mass is 10.1. The van der Waals surface area contributed by atoms with Crippen LogP contribution in [0.4, 0.5) is 3.89 Å². The summed E-state index contributed by atoms with van der Waals surface area (Å²) in [7, 11) is -4.53. The molecule has 1 rings (SSSR count). The van der Waals surface area contributed by atoms with Crippen molar-refractivity contribution < 1.29 is 12.3 Å². The molecule has 11 heavy (non-hydrogen) atoms. The van der Waals surface area contributed by atoms with Crippen LogP contribution < -0.4 is 0 Å². The van der Waals surface area contributed by atoms with Crippen LogP contribution in [0.15, 0.2) is 0 Å². The number of nitrogens with zero attached hydrogens (tertiary/aromatic N) is 1. The summed E-state index contributed by atoms with van der Waals surface area (Å²) in [5.74, 6) is -0.738. The Balaban J connectivity index is 2.96. The Morgan fingerprint density at radius 1 is 1.64 bits per heavy atom. The number of hydrogen-bond acceptors (Lipinski definition) is 3. The van der Waals surface area contributed by atoms with Crippen molar-refractivity contribution in [2.75, 3.05) is 0 Å². The van der Waals surface area contributed by atoms with Crippen LogP contribution in [0.2, 0.25) is 0 Å². The molecule has 3 nitrogen and oxygen atoms in total. The van der Waals surface area contributed by atoms with Gasteiger partial charge in [-0.05, 0) is 19.8 Å². The molecule has 0 bridgehead atoms. The zero-order valence-electron chi connectivity index (χ0n) is 6.04. The molecule has 1 aliphatic carbocycles. The lowest BCUT2D eigenvalue weighted by molar-refractivity contribution is 0.507. The molecule has 62 valence electrons. The monoisotopic (exact) mass is 177 g/mol. The molecule has 1 fully saturated rings. The minimum Gasteiger partial charge on any atom is -0.198 e. The van der Waals surface area contributed by atoms with Crippen molar-refractivity contribution in [2.45, 2.75) is 24.5 Å². The third-order valence-corrected chi connectivity index (χ3v) is 3.94. The van der Waals surface area contributed by atoms with Gasteiger partial charge in [-0.15, -0.1) is 3.89 Å². The molecule has 0 aromatic carbocycles. The molecular weight excluding hydrogens is 169 g/mol. The molecule has 0 N–H and O–H groups in total. The Kier molecular flexibility index (Phi) is 1.67. The predicted molar refractivity (Wildman–Crippen MR) is 36.8 cm³/mol. The second-order valence-electron chi connectivity index (χ2n) is 2.85. The molecule has 1 unspecified atom stereocenters. The van der Waals surface area contributed by atoms with E-state index in [1.165, 1.54) is 6.92 Å². The van der Waals surface area contributed by atoms with E-state index < -0.39 is 20.9 Å². The zero-order chi connectivity index (χ0) is 8.70. The quantitative estimate of drug-likeness (QED) is 0.591. The van der Waals surface area contributed by atoms with Gasteiger partial charge in [0, 0.05) is 0 Å². The van der Waals surface area contributed by atoms with E-state index in [2.05, 4.69) is 0 Å². The van der Waals surface area contributed by atoms with Gasteiger partial charge in [0.25, 0.3) is 0 Å². The summed E-state index contributed by atoms with van der Waals surface area (Å²) in [6, 6.07) is 1.76. The average molecular weight is 177 g/mol. The molecular formula is C6H8FNO2S. The van der Waals surface area contributed by atoms with Gasteiger partial charge in [-0.25, -0.2) is 0 Å². The van der Waals surface area contributed by atoms with Crippen LogP contribution in [0.5, 0.6) is 0 Å². The van der Waals surface area contributed by atoms with Crippen LogP contribution in [-0.4, -0.2) is 13.2 Å². The maximum Gasteiger partial charge on any atom is 0.309 e. The fourth-order valence-corrected chi connectivity index (χ4v) is 2.19. The SMILES string of the molecule is CC(C#N)C1(S(=O)(=O)F)CC1. The summed E-state index contributed by atoms with van der Waals surface area (Å²) in [4.78, 5) is 0. The van der Waals surface area contributed by atoms with Gasteiger partial charge >= 0.3 is 10.2 Å². The Morgan fingerprint density at radius 2 is 2.09 bits per heavy atom. The molecule has 0 aliphatic heterocycles. The molecule has 5 heteroatoms. The average Bonchev–Trinajstić information content (AvgIpc) is 2.63. The highest BCUT2D eigenvalue weighted by Gasteiger charge is 2.59. The van der Waals surface area contributed by atoms with Crippen LogP contribution in [-0.2, 0) is 10.2 Å². The first kappa shape index (κ1) is 8.47. The molecule has 0 spiro atoms. The molecule has 0 saturated heterocycles. The first-order valence-corrected chi connectivity index (χ1v) is 4.66. The van der Waals surface area contributed by atoms with Crippen molar-refractivity contribution in [1.82, 2.24) is 0 Å². The maximum atomic E-state index is 12.5. The van der Waals surface area contributed by atoms with Gasteiger partial charge in [0.05, 0.1) is 12.0 Å². The van der Waals surface area contributed by atoms with Gasteiger partial charge < -0.3 is 0 Å². The summed E-state index contributed by atoms with van der Waals surface area (Å²) >= 11 is 0. The van der Waals surface area contributed by atoms with Gasteiger partial charge in [-0.2, -0.15) is 13.7 Å². The number of nitriles is 1. The minimum absolute atomic E-state index is 0.278. The fraction of sp³-hybridized carbons (Fsp3) is 0.833. The van der Waals surface area contributed by atoms with Crippen LogP contribution in [0.1, 0.15) is 19.8 Å². The molecule has 1 saturated carbocycles. The summed E-state index contributed by atoms with van der Waals surface area (Å²) in [6.45, 7) is 1.43. The summed E-state index contributed by atoms with van der Waals surface area (Å²) in [5, 5.41) is 8.39. The minimum atomic E-state index is -4.53. The lowest BCUT2D eigenvalue weighted by Gasteiger charge is -2.10. The van der Waals surface area contributed by atoms with E-state index in [0.717, 1.165) is 0 Å². The smallest absolute Gasteiger partial charge is 0.198 e. The van der Waals surface area contributed by atoms with Gasteiger partial charge in [-0.3, -0.25) is 0 Å². The number of halogens is 1. The van der Waals surface area contributed by atoms with Crippen LogP contribution >= 0.6 is 0 Å². The topological polar surface area (TPSA) is 57.9 Å². The van der Waals surface area contributed by atoms with Crippen molar-refractivity contribution in [1.29, 1.82) is 5.26 Å². The molecule has 1 aliphatic rings. The van der Waals surface area contributed by atoms with Crippen molar-refractivity contribution in [3.05, 3.63) is 0 Å². The van der Waals surface area contributed by atoms with E-state index in [1.807, 2.05) is 0 Å². The van der Waals surface area contributed by atoms with Crippen LogP contribution in [0.25, 0.3) is 0 Å². The Bertz CT molecular complexity index is 299. The molecule has 0 heterocycles. The normalized spacial score (nSPS) is 23.7. The molecule has 0 amide bonds. The summed E-state index contributed by atoms with van der Waals surface area (Å²) in [6.07, 6.45) is 0.557. The van der Waals surface area contributed by atoms with Crippen LogP contribution in [0.3, 0.4) is 0 Å². The highest BCUT2D eigenvalue weighted by molar-refractivity contribution is 7.88. The molecule has 0 radical (unpaired) electrons. The first-order valence-electron chi connectivity index (χ1n) is 3.28.